The standard InChI is InChI=1S/C11H13Br2N5/c1-14-10(6-11-15-17-18(2)16-11)7-3-8(12)5-9(13)4-7/h3-5,10,14H,6H2,1-2H3. The molecule has 0 aliphatic carbocycles. The highest BCUT2D eigenvalue weighted by Gasteiger charge is 2.14. The molecule has 0 radical (unpaired) electrons. The Hall–Kier alpha value is -0.790. The third kappa shape index (κ3) is 3.37. The molecule has 0 aliphatic heterocycles. The van der Waals surface area contributed by atoms with Crippen LogP contribution in [0.25, 0.3) is 0 Å². The van der Waals surface area contributed by atoms with E-state index < -0.39 is 0 Å². The van der Waals surface area contributed by atoms with E-state index in [2.05, 4.69) is 64.7 Å². The van der Waals surface area contributed by atoms with Crippen molar-refractivity contribution in [3.8, 4) is 0 Å². The minimum Gasteiger partial charge on any atom is -0.313 e. The Morgan fingerprint density at radius 2 is 1.94 bits per heavy atom. The Kier molecular flexibility index (Phi) is 4.47. The fourth-order valence-electron chi connectivity index (χ4n) is 1.75. The predicted octanol–water partition coefficient (Wildman–Crippen LogP) is 2.24. The third-order valence-corrected chi connectivity index (χ3v) is 3.49. The van der Waals surface area contributed by atoms with Crippen LogP contribution >= 0.6 is 31.9 Å². The summed E-state index contributed by atoms with van der Waals surface area (Å²) in [4.78, 5) is 1.47. The Morgan fingerprint density at radius 3 is 2.44 bits per heavy atom. The van der Waals surface area contributed by atoms with Crippen molar-refractivity contribution in [3.63, 3.8) is 0 Å². The van der Waals surface area contributed by atoms with Gasteiger partial charge in [0.05, 0.1) is 7.05 Å². The first-order chi connectivity index (χ1) is 8.58. The maximum absolute atomic E-state index is 4.20. The molecule has 1 unspecified atom stereocenters. The topological polar surface area (TPSA) is 55.6 Å². The van der Waals surface area contributed by atoms with Gasteiger partial charge in [-0.05, 0) is 36.0 Å². The second-order valence-corrected chi connectivity index (χ2v) is 5.77. The molecule has 7 heteroatoms. The van der Waals surface area contributed by atoms with E-state index in [0.717, 1.165) is 14.8 Å². The zero-order chi connectivity index (χ0) is 13.1. The van der Waals surface area contributed by atoms with Gasteiger partial charge in [-0.25, -0.2) is 0 Å². The van der Waals surface area contributed by atoms with Crippen molar-refractivity contribution in [1.29, 1.82) is 0 Å². The van der Waals surface area contributed by atoms with Gasteiger partial charge in [0.15, 0.2) is 5.82 Å². The van der Waals surface area contributed by atoms with Crippen LogP contribution in [0.5, 0.6) is 0 Å². The lowest BCUT2D eigenvalue weighted by atomic mass is 10.0. The summed E-state index contributed by atoms with van der Waals surface area (Å²) >= 11 is 6.99. The van der Waals surface area contributed by atoms with Crippen molar-refractivity contribution in [2.24, 2.45) is 7.05 Å². The summed E-state index contributed by atoms with van der Waals surface area (Å²) in [7, 11) is 3.69. The molecule has 1 aromatic carbocycles. The number of nitrogens with one attached hydrogen (secondary N) is 1. The lowest BCUT2D eigenvalue weighted by molar-refractivity contribution is 0.570. The quantitative estimate of drug-likeness (QED) is 0.891. The third-order valence-electron chi connectivity index (χ3n) is 2.57. The van der Waals surface area contributed by atoms with E-state index in [1.807, 2.05) is 13.1 Å². The van der Waals surface area contributed by atoms with Crippen LogP contribution in [0.4, 0.5) is 0 Å². The van der Waals surface area contributed by atoms with Crippen molar-refractivity contribution in [2.75, 3.05) is 7.05 Å². The zero-order valence-corrected chi connectivity index (χ0v) is 13.2. The number of aromatic nitrogens is 4. The molecule has 5 nitrogen and oxygen atoms in total. The van der Waals surface area contributed by atoms with E-state index in [-0.39, 0.29) is 6.04 Å². The molecule has 1 aromatic heterocycles. The average Bonchev–Trinajstić information content (AvgIpc) is 2.70. The van der Waals surface area contributed by atoms with Gasteiger partial charge >= 0.3 is 0 Å². The number of tetrazole rings is 1. The number of hydrogen-bond donors (Lipinski definition) is 1. The average molecular weight is 375 g/mol. The van der Waals surface area contributed by atoms with Crippen molar-refractivity contribution in [2.45, 2.75) is 12.5 Å². The number of rotatable bonds is 4. The Bertz CT molecular complexity index is 520. The first-order valence-electron chi connectivity index (χ1n) is 5.44. The van der Waals surface area contributed by atoms with Gasteiger partial charge in [-0.15, -0.1) is 10.2 Å². The van der Waals surface area contributed by atoms with Crippen LogP contribution in [0.15, 0.2) is 27.1 Å². The van der Waals surface area contributed by atoms with Gasteiger partial charge in [0.25, 0.3) is 0 Å². The van der Waals surface area contributed by atoms with E-state index >= 15 is 0 Å². The lowest BCUT2D eigenvalue weighted by Gasteiger charge is -2.15. The zero-order valence-electron chi connectivity index (χ0n) is 10.1. The molecule has 0 fully saturated rings. The summed E-state index contributed by atoms with van der Waals surface area (Å²) in [5.41, 5.74) is 1.17. The highest BCUT2D eigenvalue weighted by atomic mass is 79.9. The SMILES string of the molecule is CNC(Cc1nnn(C)n1)c1cc(Br)cc(Br)c1. The molecular formula is C11H13Br2N5. The molecule has 0 aliphatic rings. The summed E-state index contributed by atoms with van der Waals surface area (Å²) in [5.74, 6) is 0.730. The number of likely N-dealkylation sites (N-methyl/N-ethyl adjacent to an activating group) is 1. The molecule has 96 valence electrons. The minimum atomic E-state index is 0.156. The van der Waals surface area contributed by atoms with Gasteiger partial charge in [0.1, 0.15) is 0 Å². The van der Waals surface area contributed by atoms with Crippen LogP contribution in [0, 0.1) is 0 Å². The van der Waals surface area contributed by atoms with Crippen LogP contribution in [0.1, 0.15) is 17.4 Å². The molecule has 1 N–H and O–H groups in total. The highest BCUT2D eigenvalue weighted by molar-refractivity contribution is 9.11. The fraction of sp³-hybridized carbons (Fsp3) is 0.364. The molecule has 2 rings (SSSR count). The fourth-order valence-corrected chi connectivity index (χ4v) is 3.08. The molecule has 0 saturated carbocycles. The molecule has 0 amide bonds. The number of benzene rings is 1. The van der Waals surface area contributed by atoms with Gasteiger partial charge in [0, 0.05) is 21.4 Å². The van der Waals surface area contributed by atoms with Crippen molar-refractivity contribution < 1.29 is 0 Å². The Labute approximate surface area is 122 Å². The summed E-state index contributed by atoms with van der Waals surface area (Å²) in [6, 6.07) is 6.34. The molecule has 0 bridgehead atoms. The monoisotopic (exact) mass is 373 g/mol. The molecule has 0 saturated heterocycles. The van der Waals surface area contributed by atoms with Crippen LogP contribution in [-0.2, 0) is 13.5 Å². The number of hydrogen-bond acceptors (Lipinski definition) is 4. The maximum Gasteiger partial charge on any atom is 0.176 e. The number of nitrogens with zero attached hydrogens (tertiary/aromatic N) is 4. The maximum atomic E-state index is 4.20. The highest BCUT2D eigenvalue weighted by Crippen LogP contribution is 2.25. The first-order valence-corrected chi connectivity index (χ1v) is 7.03. The summed E-state index contributed by atoms with van der Waals surface area (Å²) < 4.78 is 2.08. The van der Waals surface area contributed by atoms with Crippen molar-refractivity contribution in [1.82, 2.24) is 25.5 Å². The van der Waals surface area contributed by atoms with E-state index in [4.69, 9.17) is 0 Å². The largest absolute Gasteiger partial charge is 0.313 e. The molecular weight excluding hydrogens is 362 g/mol. The van der Waals surface area contributed by atoms with E-state index in [1.165, 1.54) is 10.4 Å². The van der Waals surface area contributed by atoms with Crippen molar-refractivity contribution >= 4 is 31.9 Å². The smallest absolute Gasteiger partial charge is 0.176 e. The number of halogens is 2. The second kappa shape index (κ2) is 5.90. The normalized spacial score (nSPS) is 12.7. The van der Waals surface area contributed by atoms with Gasteiger partial charge in [-0.2, -0.15) is 4.80 Å². The van der Waals surface area contributed by atoms with Crippen LogP contribution in [0.3, 0.4) is 0 Å². The minimum absolute atomic E-state index is 0.156. The molecule has 1 atom stereocenters. The molecule has 18 heavy (non-hydrogen) atoms. The van der Waals surface area contributed by atoms with Crippen molar-refractivity contribution in [3.05, 3.63) is 38.5 Å². The molecule has 1 heterocycles. The number of aryl methyl sites for hydroxylation is 1. The molecule has 2 aromatic rings. The molecule has 0 spiro atoms. The van der Waals surface area contributed by atoms with Crippen LogP contribution in [-0.4, -0.2) is 27.3 Å². The van der Waals surface area contributed by atoms with Gasteiger partial charge in [0.2, 0.25) is 0 Å². The Morgan fingerprint density at radius 1 is 1.28 bits per heavy atom. The van der Waals surface area contributed by atoms with E-state index in [9.17, 15) is 0 Å². The second-order valence-electron chi connectivity index (χ2n) is 3.94. The lowest BCUT2D eigenvalue weighted by Crippen LogP contribution is -2.19. The summed E-state index contributed by atoms with van der Waals surface area (Å²) in [5, 5.41) is 15.3. The van der Waals surface area contributed by atoms with Gasteiger partial charge < -0.3 is 5.32 Å². The van der Waals surface area contributed by atoms with Crippen LogP contribution < -0.4 is 5.32 Å². The summed E-state index contributed by atoms with van der Waals surface area (Å²) in [6.07, 6.45) is 0.702. The van der Waals surface area contributed by atoms with Crippen LogP contribution in [0.2, 0.25) is 0 Å². The first kappa shape index (κ1) is 13.6. The van der Waals surface area contributed by atoms with Gasteiger partial charge in [-0.1, -0.05) is 31.9 Å². The van der Waals surface area contributed by atoms with E-state index in [0.29, 0.717) is 6.42 Å². The predicted molar refractivity (Wildman–Crippen MR) is 76.1 cm³/mol. The van der Waals surface area contributed by atoms with E-state index in [1.54, 1.807) is 7.05 Å². The van der Waals surface area contributed by atoms with Gasteiger partial charge in [-0.3, -0.25) is 0 Å². The Balaban J connectivity index is 2.22. The summed E-state index contributed by atoms with van der Waals surface area (Å²) in [6.45, 7) is 0.